The van der Waals surface area contributed by atoms with Gasteiger partial charge in [0, 0.05) is 38.1 Å². The average molecular weight is 488 g/mol. The van der Waals surface area contributed by atoms with Gasteiger partial charge in [-0.1, -0.05) is 37.2 Å². The minimum Gasteiger partial charge on any atom is -0.360 e. The minimum absolute atomic E-state index is 0.0840. The maximum Gasteiger partial charge on any atom is 0.274 e. The third kappa shape index (κ3) is 4.37. The second kappa shape index (κ2) is 9.30. The Labute approximate surface area is 198 Å². The summed E-state index contributed by atoms with van der Waals surface area (Å²) in [5, 5.41) is 9.15. The standard InChI is InChI=1S/C23H29N5O5S/c1-15(2)14-28-22(29)19-9-6-5-8-18(19)20(24-28)23(30)26-10-7-11-27(13-12-26)34(31,32)21-16(3)25-33-17(21)4/h5-6,8-9,15H,7,10-14H2,1-4H3. The van der Waals surface area contributed by atoms with Crippen LogP contribution >= 0.6 is 0 Å². The lowest BCUT2D eigenvalue weighted by Gasteiger charge is -2.22. The summed E-state index contributed by atoms with van der Waals surface area (Å²) < 4.78 is 34.2. The number of aromatic nitrogens is 3. The normalized spacial score (nSPS) is 15.7. The van der Waals surface area contributed by atoms with Crippen molar-refractivity contribution in [2.75, 3.05) is 26.2 Å². The van der Waals surface area contributed by atoms with E-state index < -0.39 is 10.0 Å². The molecular formula is C23H29N5O5S. The van der Waals surface area contributed by atoms with Crippen LogP contribution in [-0.4, -0.2) is 64.6 Å². The number of hydrogen-bond acceptors (Lipinski definition) is 7. The van der Waals surface area contributed by atoms with Crippen molar-refractivity contribution in [2.45, 2.75) is 45.6 Å². The number of aryl methyl sites for hydroxylation is 2. The van der Waals surface area contributed by atoms with E-state index in [-0.39, 0.29) is 53.4 Å². The lowest BCUT2D eigenvalue weighted by atomic mass is 10.1. The van der Waals surface area contributed by atoms with Crippen molar-refractivity contribution < 1.29 is 17.7 Å². The number of carbonyl (C=O) groups is 1. The zero-order valence-corrected chi connectivity index (χ0v) is 20.6. The van der Waals surface area contributed by atoms with Gasteiger partial charge in [-0.15, -0.1) is 0 Å². The molecule has 3 aromatic rings. The predicted octanol–water partition coefficient (Wildman–Crippen LogP) is 2.19. The topological polar surface area (TPSA) is 119 Å². The van der Waals surface area contributed by atoms with Gasteiger partial charge in [0.25, 0.3) is 11.5 Å². The Morgan fingerprint density at radius 1 is 1.09 bits per heavy atom. The molecule has 34 heavy (non-hydrogen) atoms. The Kier molecular flexibility index (Phi) is 6.59. The van der Waals surface area contributed by atoms with Gasteiger partial charge in [0.2, 0.25) is 10.0 Å². The summed E-state index contributed by atoms with van der Waals surface area (Å²) in [5.74, 6) is 0.110. The monoisotopic (exact) mass is 487 g/mol. The Morgan fingerprint density at radius 2 is 1.79 bits per heavy atom. The summed E-state index contributed by atoms with van der Waals surface area (Å²) in [7, 11) is -3.80. The fraction of sp³-hybridized carbons (Fsp3) is 0.478. The van der Waals surface area contributed by atoms with Crippen LogP contribution in [0.15, 0.2) is 38.5 Å². The number of fused-ring (bicyclic) bond motifs is 1. The van der Waals surface area contributed by atoms with Crippen LogP contribution < -0.4 is 5.56 Å². The molecule has 2 aromatic heterocycles. The predicted molar refractivity (Wildman–Crippen MR) is 126 cm³/mol. The fourth-order valence-electron chi connectivity index (χ4n) is 4.32. The molecule has 1 amide bonds. The van der Waals surface area contributed by atoms with Crippen molar-refractivity contribution >= 4 is 26.7 Å². The van der Waals surface area contributed by atoms with E-state index in [1.807, 2.05) is 13.8 Å². The first-order valence-corrected chi connectivity index (χ1v) is 12.8. The van der Waals surface area contributed by atoms with Crippen molar-refractivity contribution in [3.63, 3.8) is 0 Å². The van der Waals surface area contributed by atoms with Gasteiger partial charge >= 0.3 is 0 Å². The zero-order chi connectivity index (χ0) is 24.6. The van der Waals surface area contributed by atoms with E-state index >= 15 is 0 Å². The molecule has 0 spiro atoms. The van der Waals surface area contributed by atoms with Gasteiger partial charge in [0.1, 0.15) is 10.6 Å². The van der Waals surface area contributed by atoms with Crippen LogP contribution in [0.1, 0.15) is 42.2 Å². The van der Waals surface area contributed by atoms with E-state index in [1.54, 1.807) is 43.0 Å². The van der Waals surface area contributed by atoms with Crippen LogP contribution in [0.3, 0.4) is 0 Å². The van der Waals surface area contributed by atoms with Crippen LogP contribution in [0.5, 0.6) is 0 Å². The molecule has 1 aliphatic rings. The highest BCUT2D eigenvalue weighted by molar-refractivity contribution is 7.89. The van der Waals surface area contributed by atoms with E-state index in [0.717, 1.165) is 0 Å². The molecule has 4 rings (SSSR count). The molecule has 1 aliphatic heterocycles. The van der Waals surface area contributed by atoms with Gasteiger partial charge in [-0.2, -0.15) is 9.40 Å². The molecular weight excluding hydrogens is 458 g/mol. The molecule has 0 unspecified atom stereocenters. The third-order valence-corrected chi connectivity index (χ3v) is 8.06. The Bertz CT molecular complexity index is 1370. The first-order valence-electron chi connectivity index (χ1n) is 11.3. The quantitative estimate of drug-likeness (QED) is 0.541. The molecule has 1 fully saturated rings. The second-order valence-corrected chi connectivity index (χ2v) is 10.9. The summed E-state index contributed by atoms with van der Waals surface area (Å²) in [5.41, 5.74) is 0.295. The first kappa shape index (κ1) is 24.1. The maximum absolute atomic E-state index is 13.6. The molecule has 0 aliphatic carbocycles. The molecule has 10 nitrogen and oxygen atoms in total. The van der Waals surface area contributed by atoms with E-state index in [0.29, 0.717) is 36.0 Å². The Balaban J connectivity index is 1.64. The molecule has 0 radical (unpaired) electrons. The highest BCUT2D eigenvalue weighted by atomic mass is 32.2. The highest BCUT2D eigenvalue weighted by Gasteiger charge is 2.33. The number of rotatable bonds is 5. The van der Waals surface area contributed by atoms with Crippen LogP contribution in [0.25, 0.3) is 10.8 Å². The van der Waals surface area contributed by atoms with Crippen molar-refractivity contribution in [1.82, 2.24) is 24.1 Å². The molecule has 182 valence electrons. The third-order valence-electron chi connectivity index (χ3n) is 5.92. The molecule has 3 heterocycles. The summed E-state index contributed by atoms with van der Waals surface area (Å²) in [6.07, 6.45) is 0.470. The molecule has 0 saturated carbocycles. The molecule has 0 N–H and O–H groups in total. The summed E-state index contributed by atoms with van der Waals surface area (Å²) in [6, 6.07) is 6.96. The number of carbonyl (C=O) groups excluding carboxylic acids is 1. The zero-order valence-electron chi connectivity index (χ0n) is 19.8. The molecule has 11 heteroatoms. The number of amides is 1. The van der Waals surface area contributed by atoms with Crippen molar-refractivity contribution in [2.24, 2.45) is 5.92 Å². The second-order valence-electron chi connectivity index (χ2n) is 8.98. The van der Waals surface area contributed by atoms with Gasteiger partial charge in [0.15, 0.2) is 11.5 Å². The summed E-state index contributed by atoms with van der Waals surface area (Å²) in [6.45, 7) is 8.53. The molecule has 0 atom stereocenters. The van der Waals surface area contributed by atoms with Crippen LogP contribution in [0.4, 0.5) is 0 Å². The number of benzene rings is 1. The van der Waals surface area contributed by atoms with Gasteiger partial charge in [0.05, 0.1) is 5.39 Å². The van der Waals surface area contributed by atoms with E-state index in [4.69, 9.17) is 4.52 Å². The van der Waals surface area contributed by atoms with E-state index in [9.17, 15) is 18.0 Å². The van der Waals surface area contributed by atoms with Crippen molar-refractivity contribution in [1.29, 1.82) is 0 Å². The van der Waals surface area contributed by atoms with E-state index in [1.165, 1.54) is 8.99 Å². The number of nitrogens with zero attached hydrogens (tertiary/aromatic N) is 5. The van der Waals surface area contributed by atoms with Crippen molar-refractivity contribution in [3.05, 3.63) is 51.8 Å². The molecule has 1 saturated heterocycles. The Morgan fingerprint density at radius 3 is 2.44 bits per heavy atom. The van der Waals surface area contributed by atoms with Crippen LogP contribution in [0, 0.1) is 19.8 Å². The Hall–Kier alpha value is -3.05. The van der Waals surface area contributed by atoms with E-state index in [2.05, 4.69) is 10.3 Å². The average Bonchev–Trinajstić information content (AvgIpc) is 2.99. The van der Waals surface area contributed by atoms with Gasteiger partial charge in [-0.05, 0) is 32.3 Å². The smallest absolute Gasteiger partial charge is 0.274 e. The lowest BCUT2D eigenvalue weighted by molar-refractivity contribution is 0.0757. The summed E-state index contributed by atoms with van der Waals surface area (Å²) in [4.78, 5) is 28.1. The molecule has 0 bridgehead atoms. The van der Waals surface area contributed by atoms with Crippen LogP contribution in [0.2, 0.25) is 0 Å². The largest absolute Gasteiger partial charge is 0.360 e. The van der Waals surface area contributed by atoms with Gasteiger partial charge in [-0.3, -0.25) is 9.59 Å². The van der Waals surface area contributed by atoms with Gasteiger partial charge < -0.3 is 9.42 Å². The first-order chi connectivity index (χ1) is 16.1. The number of hydrogen-bond donors (Lipinski definition) is 0. The fourth-order valence-corrected chi connectivity index (χ4v) is 6.08. The van der Waals surface area contributed by atoms with Crippen LogP contribution in [-0.2, 0) is 16.6 Å². The lowest BCUT2D eigenvalue weighted by Crippen LogP contribution is -2.39. The molecule has 1 aromatic carbocycles. The number of sulfonamides is 1. The van der Waals surface area contributed by atoms with Crippen molar-refractivity contribution in [3.8, 4) is 0 Å². The minimum atomic E-state index is -3.80. The maximum atomic E-state index is 13.6. The summed E-state index contributed by atoms with van der Waals surface area (Å²) >= 11 is 0. The van der Waals surface area contributed by atoms with Gasteiger partial charge in [-0.25, -0.2) is 13.1 Å². The highest BCUT2D eigenvalue weighted by Crippen LogP contribution is 2.25. The SMILES string of the molecule is Cc1noc(C)c1S(=O)(=O)N1CCCN(C(=O)c2nn(CC(C)C)c(=O)c3ccccc23)CC1.